The molecule has 0 N–H and O–H groups in total. The van der Waals surface area contributed by atoms with Crippen molar-refractivity contribution in [2.24, 2.45) is 0 Å². The van der Waals surface area contributed by atoms with Crippen molar-refractivity contribution in [3.05, 3.63) is 0 Å². The summed E-state index contributed by atoms with van der Waals surface area (Å²) in [6.07, 6.45) is -1.48. The lowest BCUT2D eigenvalue weighted by atomic mass is 10.1. The average Bonchev–Trinajstić information content (AvgIpc) is 2.90. The van der Waals surface area contributed by atoms with Gasteiger partial charge in [0.1, 0.15) is 0 Å². The van der Waals surface area contributed by atoms with Gasteiger partial charge in [-0.3, -0.25) is 0 Å². The summed E-state index contributed by atoms with van der Waals surface area (Å²) in [4.78, 5) is 0. The number of quaternary nitrogens is 1. The topological polar surface area (TPSA) is 57.2 Å². The van der Waals surface area contributed by atoms with E-state index < -0.39 is 33.4 Å². The second kappa shape index (κ2) is 8.31. The Hall–Kier alpha value is -0.760. The van der Waals surface area contributed by atoms with E-state index in [9.17, 15) is 52.5 Å². The van der Waals surface area contributed by atoms with Crippen LogP contribution >= 0.6 is 0 Å². The minimum atomic E-state index is -7.43. The summed E-state index contributed by atoms with van der Waals surface area (Å²) in [5, 5.41) is -7.11. The summed E-state index contributed by atoms with van der Waals surface area (Å²) in [7, 11) is -5.01. The third-order valence-electron chi connectivity index (χ3n) is 4.13. The largest absolute Gasteiger partial charge is 0.743 e. The molecule has 0 unspecified atom stereocenters. The Labute approximate surface area is 150 Å². The van der Waals surface area contributed by atoms with E-state index in [0.717, 1.165) is 0 Å². The second-order valence-electron chi connectivity index (χ2n) is 6.47. The van der Waals surface area contributed by atoms with Gasteiger partial charge in [-0.2, -0.15) is 39.5 Å². The minimum absolute atomic E-state index is 1.36. The molecule has 4 nitrogen and oxygen atoms in total. The summed E-state index contributed by atoms with van der Waals surface area (Å²) in [5.41, 5.74) is 0. The normalized spacial score (nSPS) is 18.8. The molecule has 0 saturated carbocycles. The maximum absolute atomic E-state index is 12.2. The summed E-state index contributed by atoms with van der Waals surface area (Å²) >= 11 is 0. The highest BCUT2D eigenvalue weighted by Gasteiger charge is 2.83. The van der Waals surface area contributed by atoms with E-state index in [1.54, 1.807) is 0 Å². The molecule has 1 aliphatic rings. The van der Waals surface area contributed by atoms with Crippen molar-refractivity contribution >= 4 is 10.1 Å². The van der Waals surface area contributed by atoms with Gasteiger partial charge in [-0.05, 0) is 6.42 Å². The van der Waals surface area contributed by atoms with Crippen molar-refractivity contribution in [1.29, 1.82) is 0 Å². The van der Waals surface area contributed by atoms with Crippen LogP contribution in [0, 0.1) is 0 Å². The molecule has 0 aromatic heterocycles. The second-order valence-corrected chi connectivity index (χ2v) is 7.89. The summed E-state index contributed by atoms with van der Waals surface area (Å²) in [5.74, 6) is -14.8. The maximum Gasteiger partial charge on any atom is 0.460 e. The Morgan fingerprint density at radius 3 is 1.59 bits per heavy atom. The van der Waals surface area contributed by atoms with Crippen LogP contribution in [0.2, 0.25) is 0 Å². The van der Waals surface area contributed by atoms with E-state index in [2.05, 4.69) is 14.0 Å². The molecule has 0 atom stereocenters. The molecular formula is C13H20F9NO3S. The van der Waals surface area contributed by atoms with E-state index in [-0.39, 0.29) is 0 Å². The van der Waals surface area contributed by atoms with Crippen molar-refractivity contribution in [3.63, 3.8) is 0 Å². The lowest BCUT2D eigenvalue weighted by molar-refractivity contribution is -0.897. The highest BCUT2D eigenvalue weighted by atomic mass is 32.2. The number of unbranched alkanes of at least 4 members (excludes halogenated alkanes) is 1. The van der Waals surface area contributed by atoms with Crippen LogP contribution in [0.5, 0.6) is 0 Å². The van der Waals surface area contributed by atoms with Crippen molar-refractivity contribution in [2.45, 2.75) is 55.9 Å². The van der Waals surface area contributed by atoms with Gasteiger partial charge in [-0.15, -0.1) is 0 Å². The van der Waals surface area contributed by atoms with Crippen molar-refractivity contribution in [1.82, 2.24) is 0 Å². The third-order valence-corrected chi connectivity index (χ3v) is 5.01. The van der Waals surface area contributed by atoms with Gasteiger partial charge in [0.2, 0.25) is 0 Å². The van der Waals surface area contributed by atoms with Gasteiger partial charge >= 0.3 is 23.3 Å². The van der Waals surface area contributed by atoms with E-state index >= 15 is 0 Å². The van der Waals surface area contributed by atoms with Gasteiger partial charge in [-0.1, -0.05) is 13.3 Å². The van der Waals surface area contributed by atoms with E-state index in [0.29, 0.717) is 0 Å². The molecule has 0 aromatic rings. The van der Waals surface area contributed by atoms with Crippen LogP contribution < -0.4 is 0 Å². The van der Waals surface area contributed by atoms with Gasteiger partial charge in [0.15, 0.2) is 10.1 Å². The zero-order chi connectivity index (χ0) is 21.9. The summed E-state index contributed by atoms with van der Waals surface area (Å²) in [6, 6.07) is 0. The first kappa shape index (κ1) is 26.2. The molecule has 1 saturated heterocycles. The fourth-order valence-corrected chi connectivity index (χ4v) is 2.82. The van der Waals surface area contributed by atoms with Gasteiger partial charge in [0.05, 0.1) is 26.7 Å². The monoisotopic (exact) mass is 441 g/mol. The lowest BCUT2D eigenvalue weighted by Gasteiger charge is -2.34. The van der Waals surface area contributed by atoms with Gasteiger partial charge < -0.3 is 9.04 Å². The molecular weight excluding hydrogens is 421 g/mol. The van der Waals surface area contributed by atoms with Crippen molar-refractivity contribution in [3.8, 4) is 0 Å². The van der Waals surface area contributed by atoms with Crippen LogP contribution in [0.3, 0.4) is 0 Å². The highest BCUT2D eigenvalue weighted by Crippen LogP contribution is 2.54. The number of likely N-dealkylation sites (tertiary alicyclic amines) is 1. The van der Waals surface area contributed by atoms with Gasteiger partial charge in [0.25, 0.3) is 0 Å². The molecule has 0 aromatic carbocycles. The summed E-state index contributed by atoms with van der Waals surface area (Å²) < 4.78 is 137. The number of hydrogen-bond acceptors (Lipinski definition) is 3. The predicted molar refractivity (Wildman–Crippen MR) is 75.5 cm³/mol. The number of hydrogen-bond donors (Lipinski definition) is 0. The Kier molecular flexibility index (Phi) is 8.08. The van der Waals surface area contributed by atoms with Crippen LogP contribution in [-0.4, -0.2) is 67.4 Å². The number of alkyl halides is 9. The smallest absolute Gasteiger partial charge is 0.460 e. The van der Waals surface area contributed by atoms with E-state index in [4.69, 9.17) is 0 Å². The number of rotatable bonds is 6. The van der Waals surface area contributed by atoms with Gasteiger partial charge in [-0.25, -0.2) is 8.42 Å². The predicted octanol–water partition coefficient (Wildman–Crippen LogP) is 3.98. The zero-order valence-corrected chi connectivity index (χ0v) is 15.2. The molecule has 27 heavy (non-hydrogen) atoms. The molecule has 1 rings (SSSR count). The Bertz CT molecular complexity index is 584. The average molecular weight is 441 g/mol. The Morgan fingerprint density at radius 1 is 0.889 bits per heavy atom. The van der Waals surface area contributed by atoms with Crippen LogP contribution in [0.15, 0.2) is 0 Å². The number of nitrogens with zero attached hydrogens (tertiary/aromatic N) is 1. The van der Waals surface area contributed by atoms with Crippen molar-refractivity contribution in [2.75, 3.05) is 26.7 Å². The first-order valence-corrected chi connectivity index (χ1v) is 9.17. The number of halogens is 9. The molecule has 0 amide bonds. The standard InChI is InChI=1S/C9H20N.C4HF9O3S/c1-3-4-7-10(2)8-5-6-9-10;5-1(6,3(9,10)11)2(7,8)4(12,13)17(14,15)16/h3-9H2,1-2H3;(H,14,15,16)/q+1;/p-1. The highest BCUT2D eigenvalue weighted by molar-refractivity contribution is 7.86. The molecule has 1 aliphatic heterocycles. The minimum Gasteiger partial charge on any atom is -0.743 e. The molecule has 1 heterocycles. The van der Waals surface area contributed by atoms with Crippen molar-refractivity contribution < 1.29 is 57.0 Å². The zero-order valence-electron chi connectivity index (χ0n) is 14.4. The van der Waals surface area contributed by atoms with E-state index in [1.165, 1.54) is 49.8 Å². The van der Waals surface area contributed by atoms with Gasteiger partial charge in [0, 0.05) is 12.8 Å². The molecule has 0 radical (unpaired) electrons. The third kappa shape index (κ3) is 5.62. The SMILES string of the molecule is CCCC[N+]1(C)CCCC1.O=S(=O)([O-])C(F)(F)C(F)(F)C(F)(F)C(F)(F)F. The summed E-state index contributed by atoms with van der Waals surface area (Å²) in [6.45, 7) is 6.55. The molecule has 0 bridgehead atoms. The van der Waals surface area contributed by atoms with E-state index in [1.807, 2.05) is 0 Å². The fourth-order valence-electron chi connectivity index (χ4n) is 2.38. The first-order valence-electron chi connectivity index (χ1n) is 7.76. The molecule has 164 valence electrons. The van der Waals surface area contributed by atoms with Crippen LogP contribution in [-0.2, 0) is 10.1 Å². The molecule has 0 aliphatic carbocycles. The first-order chi connectivity index (χ1) is 11.8. The quantitative estimate of drug-likeness (QED) is 0.356. The molecule has 0 spiro atoms. The molecule has 1 fully saturated rings. The van der Waals surface area contributed by atoms with Crippen LogP contribution in [0.4, 0.5) is 39.5 Å². The Balaban J connectivity index is 0.000000569. The van der Waals surface area contributed by atoms with Crippen LogP contribution in [0.1, 0.15) is 32.6 Å². The lowest BCUT2D eigenvalue weighted by Crippen LogP contribution is -2.63. The Morgan fingerprint density at radius 2 is 1.30 bits per heavy atom. The fraction of sp³-hybridized carbons (Fsp3) is 1.00. The van der Waals surface area contributed by atoms with Crippen LogP contribution in [0.25, 0.3) is 0 Å². The maximum atomic E-state index is 12.2. The molecule has 14 heteroatoms.